The van der Waals surface area contributed by atoms with Crippen LogP contribution in [0.3, 0.4) is 0 Å². The number of benzene rings is 1. The maximum Gasteiger partial charge on any atom is 0.281 e. The summed E-state index contributed by atoms with van der Waals surface area (Å²) in [6.07, 6.45) is 4.12. The quantitative estimate of drug-likeness (QED) is 0.706. The van der Waals surface area contributed by atoms with E-state index in [1.807, 2.05) is 48.0 Å². The highest BCUT2D eigenvalue weighted by atomic mass is 32.2. The van der Waals surface area contributed by atoms with E-state index >= 15 is 0 Å². The molecule has 1 aromatic carbocycles. The fourth-order valence-electron chi connectivity index (χ4n) is 3.37. The van der Waals surface area contributed by atoms with Gasteiger partial charge < -0.3 is 9.88 Å². The molecule has 1 aromatic heterocycles. The van der Waals surface area contributed by atoms with Crippen molar-refractivity contribution in [3.63, 3.8) is 0 Å². The van der Waals surface area contributed by atoms with Crippen LogP contribution in [0.25, 0.3) is 0 Å². The molecule has 8 nitrogen and oxygen atoms in total. The van der Waals surface area contributed by atoms with Crippen LogP contribution >= 0.6 is 0 Å². The van der Waals surface area contributed by atoms with Gasteiger partial charge in [-0.05, 0) is 18.9 Å². The number of imidazole rings is 1. The Bertz CT molecular complexity index is 918. The summed E-state index contributed by atoms with van der Waals surface area (Å²) in [4.78, 5) is 17.3. The van der Waals surface area contributed by atoms with E-state index in [1.165, 1.54) is 22.7 Å². The third-order valence-corrected chi connectivity index (χ3v) is 6.93. The summed E-state index contributed by atoms with van der Waals surface area (Å²) in [5, 5.41) is 2.95. The molecular formula is C19H27N5O3S. The number of nitrogens with one attached hydrogen (secondary N) is 1. The van der Waals surface area contributed by atoms with Crippen molar-refractivity contribution in [1.82, 2.24) is 23.5 Å². The highest BCUT2D eigenvalue weighted by molar-refractivity contribution is 7.86. The normalized spacial score (nSPS) is 16.7. The molecule has 0 saturated carbocycles. The van der Waals surface area contributed by atoms with E-state index in [0.717, 1.165) is 17.8 Å². The lowest BCUT2D eigenvalue weighted by molar-refractivity contribution is -0.138. The molecule has 0 aliphatic carbocycles. The van der Waals surface area contributed by atoms with Crippen LogP contribution in [0.2, 0.25) is 0 Å². The molecule has 28 heavy (non-hydrogen) atoms. The van der Waals surface area contributed by atoms with E-state index in [4.69, 9.17) is 0 Å². The average molecular weight is 406 g/mol. The summed E-state index contributed by atoms with van der Waals surface area (Å²) in [5.41, 5.74) is 1.01. The third kappa shape index (κ3) is 4.11. The van der Waals surface area contributed by atoms with Gasteiger partial charge in [0, 0.05) is 39.9 Å². The van der Waals surface area contributed by atoms with E-state index in [0.29, 0.717) is 13.0 Å². The van der Waals surface area contributed by atoms with E-state index in [2.05, 4.69) is 10.3 Å². The Morgan fingerprint density at radius 1 is 1.25 bits per heavy atom. The Morgan fingerprint density at radius 2 is 1.93 bits per heavy atom. The van der Waals surface area contributed by atoms with Gasteiger partial charge in [0.2, 0.25) is 5.91 Å². The summed E-state index contributed by atoms with van der Waals surface area (Å²) in [7, 11) is -0.540. The molecule has 0 bridgehead atoms. The monoisotopic (exact) mass is 405 g/mol. The van der Waals surface area contributed by atoms with Crippen LogP contribution in [0, 0.1) is 5.41 Å². The van der Waals surface area contributed by atoms with E-state index in [1.54, 1.807) is 6.33 Å². The van der Waals surface area contributed by atoms with Crippen molar-refractivity contribution in [1.29, 1.82) is 0 Å². The van der Waals surface area contributed by atoms with Crippen molar-refractivity contribution < 1.29 is 13.2 Å². The lowest BCUT2D eigenvalue weighted by Gasteiger charge is -2.48. The largest absolute Gasteiger partial charge is 0.350 e. The minimum atomic E-state index is -3.53. The zero-order valence-corrected chi connectivity index (χ0v) is 17.3. The molecule has 0 radical (unpaired) electrons. The van der Waals surface area contributed by atoms with Gasteiger partial charge in [-0.15, -0.1) is 0 Å². The SMILES string of the molecule is CCn1cnc(CNC(=O)C2(Cc3ccccc3)CN(S(=O)(=O)N(C)C)C2)c1. The zero-order chi connectivity index (χ0) is 20.4. The first kappa shape index (κ1) is 20.5. The van der Waals surface area contributed by atoms with Gasteiger partial charge in [-0.25, -0.2) is 4.98 Å². The highest BCUT2D eigenvalue weighted by Gasteiger charge is 2.53. The first-order valence-electron chi connectivity index (χ1n) is 9.27. The Balaban J connectivity index is 1.74. The fraction of sp³-hybridized carbons (Fsp3) is 0.474. The predicted octanol–water partition coefficient (Wildman–Crippen LogP) is 0.870. The molecule has 1 saturated heterocycles. The van der Waals surface area contributed by atoms with Crippen molar-refractivity contribution in [3.05, 3.63) is 54.1 Å². The lowest BCUT2D eigenvalue weighted by atomic mass is 9.75. The summed E-state index contributed by atoms with van der Waals surface area (Å²) in [6.45, 7) is 3.49. The maximum absolute atomic E-state index is 13.1. The maximum atomic E-state index is 13.1. The molecular weight excluding hydrogens is 378 g/mol. The second-order valence-corrected chi connectivity index (χ2v) is 9.52. The highest BCUT2D eigenvalue weighted by Crippen LogP contribution is 2.37. The number of aromatic nitrogens is 2. The van der Waals surface area contributed by atoms with Crippen LogP contribution in [0.4, 0.5) is 0 Å². The molecule has 1 N–H and O–H groups in total. The number of carbonyl (C=O) groups excluding carboxylic acids is 1. The second-order valence-electron chi connectivity index (χ2n) is 7.38. The number of amides is 1. The molecule has 152 valence electrons. The molecule has 0 spiro atoms. The summed E-state index contributed by atoms with van der Waals surface area (Å²) >= 11 is 0. The van der Waals surface area contributed by atoms with Crippen molar-refractivity contribution in [2.24, 2.45) is 5.41 Å². The minimum Gasteiger partial charge on any atom is -0.350 e. The molecule has 1 aliphatic rings. The van der Waals surface area contributed by atoms with Gasteiger partial charge in [-0.3, -0.25) is 4.79 Å². The van der Waals surface area contributed by atoms with E-state index < -0.39 is 15.6 Å². The van der Waals surface area contributed by atoms with Crippen LogP contribution in [-0.2, 0) is 34.5 Å². The van der Waals surface area contributed by atoms with Crippen molar-refractivity contribution in [3.8, 4) is 0 Å². The summed E-state index contributed by atoms with van der Waals surface area (Å²) in [6, 6.07) is 9.68. The van der Waals surface area contributed by atoms with Gasteiger partial charge in [-0.2, -0.15) is 17.0 Å². The number of nitrogens with zero attached hydrogens (tertiary/aromatic N) is 4. The Kier molecular flexibility index (Phi) is 5.87. The van der Waals surface area contributed by atoms with Crippen LogP contribution in [0.5, 0.6) is 0 Å². The van der Waals surface area contributed by atoms with E-state index in [9.17, 15) is 13.2 Å². The van der Waals surface area contributed by atoms with Gasteiger partial charge in [-0.1, -0.05) is 30.3 Å². The fourth-order valence-corrected chi connectivity index (χ4v) is 4.66. The molecule has 3 rings (SSSR count). The van der Waals surface area contributed by atoms with Crippen LogP contribution in [-0.4, -0.2) is 59.7 Å². The summed E-state index contributed by atoms with van der Waals surface area (Å²) < 4.78 is 29.3. The molecule has 0 atom stereocenters. The lowest BCUT2D eigenvalue weighted by Crippen LogP contribution is -2.66. The van der Waals surface area contributed by atoms with Crippen molar-refractivity contribution in [2.45, 2.75) is 26.4 Å². The minimum absolute atomic E-state index is 0.146. The van der Waals surface area contributed by atoms with Crippen LogP contribution < -0.4 is 5.32 Å². The number of rotatable bonds is 8. The standard InChI is InChI=1S/C19H27N5O3S/c1-4-23-12-17(21-15-23)11-20-18(25)19(10-16-8-6-5-7-9-16)13-24(14-19)28(26,27)22(2)3/h5-9,12,15H,4,10-11,13-14H2,1-3H3,(H,20,25). The predicted molar refractivity (Wildman–Crippen MR) is 107 cm³/mol. The van der Waals surface area contributed by atoms with Crippen LogP contribution in [0.1, 0.15) is 18.2 Å². The average Bonchev–Trinajstić information content (AvgIpc) is 3.11. The summed E-state index contributed by atoms with van der Waals surface area (Å²) in [5.74, 6) is -0.146. The van der Waals surface area contributed by atoms with E-state index in [-0.39, 0.29) is 19.0 Å². The van der Waals surface area contributed by atoms with Gasteiger partial charge in [0.1, 0.15) is 0 Å². The number of carbonyl (C=O) groups is 1. The van der Waals surface area contributed by atoms with Gasteiger partial charge >= 0.3 is 0 Å². The number of hydrogen-bond donors (Lipinski definition) is 1. The number of aryl methyl sites for hydroxylation is 1. The Labute approximate surface area is 166 Å². The molecule has 1 aliphatic heterocycles. The molecule has 1 fully saturated rings. The molecule has 0 unspecified atom stereocenters. The van der Waals surface area contributed by atoms with Gasteiger partial charge in [0.15, 0.2) is 0 Å². The van der Waals surface area contributed by atoms with Gasteiger partial charge in [0.05, 0.1) is 24.0 Å². The zero-order valence-electron chi connectivity index (χ0n) is 16.5. The Hall–Kier alpha value is -2.23. The smallest absolute Gasteiger partial charge is 0.281 e. The molecule has 2 heterocycles. The first-order valence-corrected chi connectivity index (χ1v) is 10.7. The second kappa shape index (κ2) is 8.02. The first-order chi connectivity index (χ1) is 13.3. The topological polar surface area (TPSA) is 87.5 Å². The van der Waals surface area contributed by atoms with Crippen molar-refractivity contribution in [2.75, 3.05) is 27.2 Å². The van der Waals surface area contributed by atoms with Gasteiger partial charge in [0.25, 0.3) is 10.2 Å². The molecule has 1 amide bonds. The number of hydrogen-bond acceptors (Lipinski definition) is 4. The third-order valence-electron chi connectivity index (χ3n) is 5.09. The van der Waals surface area contributed by atoms with Crippen molar-refractivity contribution >= 4 is 16.1 Å². The van der Waals surface area contributed by atoms with Crippen LogP contribution in [0.15, 0.2) is 42.9 Å². The Morgan fingerprint density at radius 3 is 2.50 bits per heavy atom. The molecule has 2 aromatic rings. The molecule has 9 heteroatoms.